The van der Waals surface area contributed by atoms with Gasteiger partial charge in [-0.3, -0.25) is 14.9 Å². The number of benzene rings is 3. The second-order valence-corrected chi connectivity index (χ2v) is 7.06. The second-order valence-electron chi connectivity index (χ2n) is 6.65. The fourth-order valence-corrected chi connectivity index (χ4v) is 3.10. The van der Waals surface area contributed by atoms with E-state index in [2.05, 4.69) is 16.0 Å². The van der Waals surface area contributed by atoms with Gasteiger partial charge in [0.05, 0.1) is 19.9 Å². The average Bonchev–Trinajstić information content (AvgIpc) is 2.81. The van der Waals surface area contributed by atoms with Crippen LogP contribution in [0.2, 0.25) is 0 Å². The van der Waals surface area contributed by atoms with Crippen LogP contribution in [0.4, 0.5) is 15.8 Å². The van der Waals surface area contributed by atoms with E-state index in [1.54, 1.807) is 30.3 Å². The van der Waals surface area contributed by atoms with Crippen LogP contribution in [-0.2, 0) is 0 Å². The SMILES string of the molecule is COc1cc(C(=O)NC(=S)Nc2cc(NC(=O)c3ccccc3)ccc2F)cc(O)c1OC. The molecule has 2 amide bonds. The number of methoxy groups -OCH3 is 2. The van der Waals surface area contributed by atoms with Gasteiger partial charge < -0.3 is 25.2 Å². The number of ether oxygens (including phenoxy) is 2. The molecule has 3 aromatic carbocycles. The second kappa shape index (κ2) is 10.4. The van der Waals surface area contributed by atoms with Crippen LogP contribution in [0.15, 0.2) is 60.7 Å². The number of thiocarbonyl (C=S) groups is 1. The number of anilines is 2. The predicted molar refractivity (Wildman–Crippen MR) is 126 cm³/mol. The molecule has 4 N–H and O–H groups in total. The monoisotopic (exact) mass is 469 g/mol. The zero-order valence-electron chi connectivity index (χ0n) is 17.6. The Hall–Kier alpha value is -4.18. The van der Waals surface area contributed by atoms with Gasteiger partial charge in [-0.05, 0) is 54.7 Å². The number of carbonyl (C=O) groups is 2. The van der Waals surface area contributed by atoms with Crippen LogP contribution in [0.5, 0.6) is 17.2 Å². The third kappa shape index (κ3) is 5.74. The minimum Gasteiger partial charge on any atom is -0.504 e. The third-order valence-corrected chi connectivity index (χ3v) is 4.66. The first-order valence-electron chi connectivity index (χ1n) is 9.55. The van der Waals surface area contributed by atoms with Gasteiger partial charge in [-0.2, -0.15) is 0 Å². The van der Waals surface area contributed by atoms with E-state index in [4.69, 9.17) is 21.7 Å². The van der Waals surface area contributed by atoms with Crippen LogP contribution >= 0.6 is 12.2 Å². The van der Waals surface area contributed by atoms with Crippen molar-refractivity contribution in [2.24, 2.45) is 0 Å². The number of nitrogens with one attached hydrogen (secondary N) is 3. The largest absolute Gasteiger partial charge is 0.504 e. The Morgan fingerprint density at radius 1 is 0.909 bits per heavy atom. The first kappa shape index (κ1) is 23.5. The quantitative estimate of drug-likeness (QED) is 0.405. The number of rotatable bonds is 6. The summed E-state index contributed by atoms with van der Waals surface area (Å²) in [6, 6.07) is 15.0. The van der Waals surface area contributed by atoms with Crippen molar-refractivity contribution in [3.63, 3.8) is 0 Å². The molecule has 0 fully saturated rings. The number of carbonyl (C=O) groups excluding carboxylic acids is 2. The molecular weight excluding hydrogens is 449 g/mol. The number of halogens is 1. The molecule has 10 heteroatoms. The molecule has 33 heavy (non-hydrogen) atoms. The van der Waals surface area contributed by atoms with Crippen molar-refractivity contribution in [1.82, 2.24) is 5.32 Å². The summed E-state index contributed by atoms with van der Waals surface area (Å²) >= 11 is 5.11. The van der Waals surface area contributed by atoms with Gasteiger partial charge in [0.2, 0.25) is 5.75 Å². The summed E-state index contributed by atoms with van der Waals surface area (Å²) < 4.78 is 24.4. The lowest BCUT2D eigenvalue weighted by atomic mass is 10.1. The molecule has 0 atom stereocenters. The lowest BCUT2D eigenvalue weighted by molar-refractivity contribution is 0.0975. The molecule has 0 aliphatic carbocycles. The van der Waals surface area contributed by atoms with Gasteiger partial charge in [0.15, 0.2) is 16.6 Å². The molecule has 0 aliphatic rings. The number of aromatic hydroxyl groups is 1. The average molecular weight is 469 g/mol. The van der Waals surface area contributed by atoms with Crippen molar-refractivity contribution in [2.75, 3.05) is 24.9 Å². The van der Waals surface area contributed by atoms with Gasteiger partial charge in [0, 0.05) is 16.8 Å². The number of hydrogen-bond acceptors (Lipinski definition) is 6. The van der Waals surface area contributed by atoms with Crippen LogP contribution in [0.3, 0.4) is 0 Å². The van der Waals surface area contributed by atoms with E-state index in [9.17, 15) is 19.1 Å². The highest BCUT2D eigenvalue weighted by Gasteiger charge is 2.17. The summed E-state index contributed by atoms with van der Waals surface area (Å²) in [5, 5.41) is 17.5. The van der Waals surface area contributed by atoms with Crippen molar-refractivity contribution in [2.45, 2.75) is 0 Å². The minimum absolute atomic E-state index is 0.0404. The van der Waals surface area contributed by atoms with Gasteiger partial charge in [0.1, 0.15) is 5.82 Å². The third-order valence-electron chi connectivity index (χ3n) is 4.46. The molecule has 0 saturated carbocycles. The summed E-state index contributed by atoms with van der Waals surface area (Å²) in [6.07, 6.45) is 0. The molecule has 0 unspecified atom stereocenters. The fraction of sp³-hybridized carbons (Fsp3) is 0.0870. The lowest BCUT2D eigenvalue weighted by Gasteiger charge is -2.14. The van der Waals surface area contributed by atoms with E-state index in [0.717, 1.165) is 6.07 Å². The number of amides is 2. The maximum atomic E-state index is 14.3. The van der Waals surface area contributed by atoms with Gasteiger partial charge in [0.25, 0.3) is 11.8 Å². The summed E-state index contributed by atoms with van der Waals surface area (Å²) in [5.74, 6) is -1.75. The van der Waals surface area contributed by atoms with E-state index >= 15 is 0 Å². The number of phenols is 1. The van der Waals surface area contributed by atoms with Crippen molar-refractivity contribution in [3.8, 4) is 17.2 Å². The van der Waals surface area contributed by atoms with Crippen LogP contribution < -0.4 is 25.4 Å². The first-order valence-corrected chi connectivity index (χ1v) is 9.96. The predicted octanol–water partition coefficient (Wildman–Crippen LogP) is 3.93. The van der Waals surface area contributed by atoms with Gasteiger partial charge >= 0.3 is 0 Å². The van der Waals surface area contributed by atoms with Crippen LogP contribution in [0.1, 0.15) is 20.7 Å². The topological polar surface area (TPSA) is 109 Å². The highest BCUT2D eigenvalue weighted by atomic mass is 32.1. The van der Waals surface area contributed by atoms with Gasteiger partial charge in [-0.15, -0.1) is 0 Å². The Kier molecular flexibility index (Phi) is 7.42. The van der Waals surface area contributed by atoms with Crippen molar-refractivity contribution < 1.29 is 28.6 Å². The Bertz CT molecular complexity index is 1200. The number of hydrogen-bond donors (Lipinski definition) is 4. The Balaban J connectivity index is 1.70. The molecule has 0 saturated heterocycles. The molecule has 3 rings (SSSR count). The molecule has 0 bridgehead atoms. The van der Waals surface area contributed by atoms with E-state index in [1.165, 1.54) is 38.5 Å². The molecule has 0 heterocycles. The zero-order chi connectivity index (χ0) is 24.0. The van der Waals surface area contributed by atoms with Crippen LogP contribution in [0, 0.1) is 5.82 Å². The van der Waals surface area contributed by atoms with E-state index in [1.807, 2.05) is 0 Å². The smallest absolute Gasteiger partial charge is 0.257 e. The maximum absolute atomic E-state index is 14.3. The Morgan fingerprint density at radius 2 is 1.64 bits per heavy atom. The van der Waals surface area contributed by atoms with Crippen molar-refractivity contribution in [3.05, 3.63) is 77.6 Å². The molecule has 170 valence electrons. The molecule has 0 aromatic heterocycles. The standard InChI is InChI=1S/C23H20FN3O5S/c1-31-19-11-14(10-18(28)20(19)32-2)22(30)27-23(33)26-17-12-15(8-9-16(17)24)25-21(29)13-6-4-3-5-7-13/h3-12,28H,1-2H3,(H,25,29)(H2,26,27,30,33). The van der Waals surface area contributed by atoms with Crippen molar-refractivity contribution >= 4 is 40.5 Å². The molecule has 3 aromatic rings. The Labute approximate surface area is 194 Å². The fourth-order valence-electron chi connectivity index (χ4n) is 2.90. The molecule has 0 radical (unpaired) electrons. The van der Waals surface area contributed by atoms with Crippen LogP contribution in [-0.4, -0.2) is 36.3 Å². The zero-order valence-corrected chi connectivity index (χ0v) is 18.5. The highest BCUT2D eigenvalue weighted by Crippen LogP contribution is 2.37. The minimum atomic E-state index is -0.669. The molecule has 0 spiro atoms. The molecule has 8 nitrogen and oxygen atoms in total. The summed E-state index contributed by atoms with van der Waals surface area (Å²) in [6.45, 7) is 0. The van der Waals surface area contributed by atoms with E-state index in [0.29, 0.717) is 11.3 Å². The lowest BCUT2D eigenvalue weighted by Crippen LogP contribution is -2.34. The Morgan fingerprint density at radius 3 is 2.30 bits per heavy atom. The van der Waals surface area contributed by atoms with Crippen molar-refractivity contribution in [1.29, 1.82) is 0 Å². The number of phenolic OH excluding ortho intramolecular Hbond substituents is 1. The van der Waals surface area contributed by atoms with Crippen LogP contribution in [0.25, 0.3) is 0 Å². The summed E-state index contributed by atoms with van der Waals surface area (Å²) in [5.41, 5.74) is 0.754. The molecule has 0 aliphatic heterocycles. The van der Waals surface area contributed by atoms with Gasteiger partial charge in [-0.25, -0.2) is 4.39 Å². The highest BCUT2D eigenvalue weighted by molar-refractivity contribution is 7.80. The first-order chi connectivity index (χ1) is 15.8. The summed E-state index contributed by atoms with van der Waals surface area (Å²) in [7, 11) is 2.71. The normalized spacial score (nSPS) is 10.2. The van der Waals surface area contributed by atoms with Gasteiger partial charge in [-0.1, -0.05) is 18.2 Å². The molecular formula is C23H20FN3O5S. The van der Waals surface area contributed by atoms with E-state index < -0.39 is 11.7 Å². The maximum Gasteiger partial charge on any atom is 0.257 e. The van der Waals surface area contributed by atoms with E-state index in [-0.39, 0.29) is 39.5 Å². The summed E-state index contributed by atoms with van der Waals surface area (Å²) in [4.78, 5) is 24.8.